The van der Waals surface area contributed by atoms with Gasteiger partial charge in [-0.1, -0.05) is 0 Å². The number of carbonyl (C=O) groups excluding carboxylic acids is 1. The second kappa shape index (κ2) is 5.54. The van der Waals surface area contributed by atoms with Gasteiger partial charge in [-0.05, 0) is 24.6 Å². The second-order valence-corrected chi connectivity index (χ2v) is 6.09. The average Bonchev–Trinajstić information content (AvgIpc) is 2.33. The Morgan fingerprint density at radius 2 is 2.05 bits per heavy atom. The monoisotopic (exact) mass is 289 g/mol. The number of rotatable bonds is 4. The number of benzene rings is 1. The zero-order valence-electron chi connectivity index (χ0n) is 10.9. The maximum Gasteiger partial charge on any atom is 0.243 e. The van der Waals surface area contributed by atoms with E-state index in [1.807, 2.05) is 0 Å². The molecule has 0 unspecified atom stereocenters. The van der Waals surface area contributed by atoms with Crippen LogP contribution in [0.2, 0.25) is 0 Å². The number of nitrogens with two attached hydrogens (primary N) is 1. The Kier molecular flexibility index (Phi) is 4.48. The molecule has 19 heavy (non-hydrogen) atoms. The molecule has 1 aromatic rings. The number of nitrogens with zero attached hydrogens (tertiary/aromatic N) is 1. The van der Waals surface area contributed by atoms with Crippen molar-refractivity contribution in [3.05, 3.63) is 23.5 Å². The van der Waals surface area contributed by atoms with Gasteiger partial charge in [-0.3, -0.25) is 4.79 Å². The first kappa shape index (κ1) is 15.4. The highest BCUT2D eigenvalue weighted by atomic mass is 32.2. The lowest BCUT2D eigenvalue weighted by molar-refractivity contribution is -0.120. The Hall–Kier alpha value is -1.67. The molecule has 1 rings (SSSR count). The van der Waals surface area contributed by atoms with Crippen molar-refractivity contribution in [2.75, 3.05) is 26.4 Å². The third-order valence-corrected chi connectivity index (χ3v) is 4.57. The van der Waals surface area contributed by atoms with Crippen LogP contribution in [-0.4, -0.2) is 39.3 Å². The highest BCUT2D eigenvalue weighted by Gasteiger charge is 2.25. The van der Waals surface area contributed by atoms with Gasteiger partial charge in [0.2, 0.25) is 15.9 Å². The molecule has 106 valence electrons. The fraction of sp³-hybridized carbons (Fsp3) is 0.364. The van der Waals surface area contributed by atoms with E-state index < -0.39 is 21.7 Å². The molecular formula is C11H16FN3O3S. The van der Waals surface area contributed by atoms with Gasteiger partial charge < -0.3 is 11.1 Å². The van der Waals surface area contributed by atoms with Crippen molar-refractivity contribution in [1.82, 2.24) is 9.62 Å². The first-order valence-corrected chi connectivity index (χ1v) is 6.86. The molecule has 0 aromatic heterocycles. The second-order valence-electron chi connectivity index (χ2n) is 4.07. The number of aryl methyl sites for hydroxylation is 1. The lowest BCUT2D eigenvalue weighted by Gasteiger charge is -2.18. The molecule has 0 fully saturated rings. The van der Waals surface area contributed by atoms with Crippen LogP contribution >= 0.6 is 0 Å². The van der Waals surface area contributed by atoms with Gasteiger partial charge in [0, 0.05) is 14.1 Å². The van der Waals surface area contributed by atoms with Crippen LogP contribution in [0.3, 0.4) is 0 Å². The first-order chi connectivity index (χ1) is 8.70. The zero-order valence-corrected chi connectivity index (χ0v) is 11.7. The molecule has 0 spiro atoms. The van der Waals surface area contributed by atoms with Crippen LogP contribution in [0.5, 0.6) is 0 Å². The third kappa shape index (κ3) is 3.21. The summed E-state index contributed by atoms with van der Waals surface area (Å²) >= 11 is 0. The molecule has 0 aliphatic heterocycles. The number of anilines is 1. The smallest absolute Gasteiger partial charge is 0.243 e. The fourth-order valence-electron chi connectivity index (χ4n) is 1.48. The standard InChI is InChI=1S/C11H16FN3O3S/c1-7-4-8(12)9(13)5-10(7)19(17,18)15(3)6-11(16)14-2/h4-5H,6,13H2,1-3H3,(H,14,16). The van der Waals surface area contributed by atoms with E-state index in [0.717, 1.165) is 16.4 Å². The molecule has 0 bridgehead atoms. The van der Waals surface area contributed by atoms with E-state index in [4.69, 9.17) is 5.73 Å². The van der Waals surface area contributed by atoms with Gasteiger partial charge in [0.15, 0.2) is 0 Å². The fourth-order valence-corrected chi connectivity index (χ4v) is 2.85. The van der Waals surface area contributed by atoms with Gasteiger partial charge >= 0.3 is 0 Å². The summed E-state index contributed by atoms with van der Waals surface area (Å²) in [5.74, 6) is -1.12. The van der Waals surface area contributed by atoms with Gasteiger partial charge in [-0.15, -0.1) is 0 Å². The van der Waals surface area contributed by atoms with Crippen LogP contribution < -0.4 is 11.1 Å². The first-order valence-electron chi connectivity index (χ1n) is 5.42. The summed E-state index contributed by atoms with van der Waals surface area (Å²) in [6.45, 7) is 1.14. The van der Waals surface area contributed by atoms with Crippen LogP contribution in [0, 0.1) is 12.7 Å². The van der Waals surface area contributed by atoms with Crippen LogP contribution in [0.15, 0.2) is 17.0 Å². The van der Waals surface area contributed by atoms with Crippen molar-refractivity contribution in [3.63, 3.8) is 0 Å². The predicted molar refractivity (Wildman–Crippen MR) is 69.4 cm³/mol. The molecule has 3 N–H and O–H groups in total. The maximum atomic E-state index is 13.2. The van der Waals surface area contributed by atoms with E-state index in [1.54, 1.807) is 0 Å². The summed E-state index contributed by atoms with van der Waals surface area (Å²) in [7, 11) is -1.21. The number of amides is 1. The Balaban J connectivity index is 3.20. The van der Waals surface area contributed by atoms with E-state index >= 15 is 0 Å². The van der Waals surface area contributed by atoms with Crippen LogP contribution in [0.25, 0.3) is 0 Å². The highest BCUT2D eigenvalue weighted by Crippen LogP contribution is 2.23. The van der Waals surface area contributed by atoms with Crippen LogP contribution in [0.4, 0.5) is 10.1 Å². The molecule has 0 aliphatic rings. The number of halogens is 1. The Labute approximate surface area is 111 Å². The summed E-state index contributed by atoms with van der Waals surface area (Å²) < 4.78 is 38.6. The van der Waals surface area contributed by atoms with Gasteiger partial charge in [0.25, 0.3) is 0 Å². The SMILES string of the molecule is CNC(=O)CN(C)S(=O)(=O)c1cc(N)c(F)cc1C. The summed E-state index contributed by atoms with van der Waals surface area (Å²) in [6.07, 6.45) is 0. The van der Waals surface area contributed by atoms with Gasteiger partial charge in [-0.2, -0.15) is 4.31 Å². The molecule has 0 heterocycles. The molecule has 6 nitrogen and oxygen atoms in total. The summed E-state index contributed by atoms with van der Waals surface area (Å²) in [5, 5.41) is 2.32. The van der Waals surface area contributed by atoms with Crippen molar-refractivity contribution < 1.29 is 17.6 Å². The largest absolute Gasteiger partial charge is 0.396 e. The number of hydrogen-bond donors (Lipinski definition) is 2. The van der Waals surface area contributed by atoms with E-state index in [1.165, 1.54) is 21.0 Å². The van der Waals surface area contributed by atoms with Crippen LogP contribution in [0.1, 0.15) is 5.56 Å². The molecule has 8 heteroatoms. The Morgan fingerprint density at radius 1 is 1.47 bits per heavy atom. The minimum Gasteiger partial charge on any atom is -0.396 e. The number of carbonyl (C=O) groups is 1. The predicted octanol–water partition coefficient (Wildman–Crippen LogP) is 0.0828. The van der Waals surface area contributed by atoms with E-state index in [2.05, 4.69) is 5.32 Å². The molecular weight excluding hydrogens is 273 g/mol. The van der Waals surface area contributed by atoms with Crippen molar-refractivity contribution in [2.24, 2.45) is 0 Å². The van der Waals surface area contributed by atoms with Gasteiger partial charge in [-0.25, -0.2) is 12.8 Å². The van der Waals surface area contributed by atoms with E-state index in [0.29, 0.717) is 0 Å². The molecule has 0 aliphatic carbocycles. The quantitative estimate of drug-likeness (QED) is 0.768. The van der Waals surface area contributed by atoms with Gasteiger partial charge in [0.1, 0.15) is 5.82 Å². The zero-order chi connectivity index (χ0) is 14.8. The van der Waals surface area contributed by atoms with Crippen molar-refractivity contribution in [2.45, 2.75) is 11.8 Å². The summed E-state index contributed by atoms with van der Waals surface area (Å²) in [6, 6.07) is 2.11. The van der Waals surface area contributed by atoms with Crippen molar-refractivity contribution in [3.8, 4) is 0 Å². The van der Waals surface area contributed by atoms with Crippen LogP contribution in [-0.2, 0) is 14.8 Å². The van der Waals surface area contributed by atoms with Crippen molar-refractivity contribution in [1.29, 1.82) is 0 Å². The van der Waals surface area contributed by atoms with Crippen molar-refractivity contribution >= 4 is 21.6 Å². The van der Waals surface area contributed by atoms with E-state index in [-0.39, 0.29) is 22.7 Å². The lowest BCUT2D eigenvalue weighted by atomic mass is 10.2. The maximum absolute atomic E-state index is 13.2. The summed E-state index contributed by atoms with van der Waals surface area (Å²) in [5.41, 5.74) is 5.36. The van der Waals surface area contributed by atoms with E-state index in [9.17, 15) is 17.6 Å². The molecule has 0 atom stereocenters. The molecule has 1 aromatic carbocycles. The molecule has 0 saturated heterocycles. The van der Waals surface area contributed by atoms with Gasteiger partial charge in [0.05, 0.1) is 17.1 Å². The summed E-state index contributed by atoms with van der Waals surface area (Å²) in [4.78, 5) is 11.1. The minimum absolute atomic E-state index is 0.113. The normalized spacial score (nSPS) is 11.6. The number of nitrogens with one attached hydrogen (secondary N) is 1. The third-order valence-electron chi connectivity index (χ3n) is 2.63. The Bertz CT molecular complexity index is 601. The lowest BCUT2D eigenvalue weighted by Crippen LogP contribution is -2.37. The molecule has 0 radical (unpaired) electrons. The molecule has 0 saturated carbocycles. The average molecular weight is 289 g/mol. The number of nitrogen functional groups attached to an aromatic ring is 1. The number of hydrogen-bond acceptors (Lipinski definition) is 4. The number of likely N-dealkylation sites (N-methyl/N-ethyl adjacent to an activating group) is 2. The number of sulfonamides is 1. The topological polar surface area (TPSA) is 92.5 Å². The Morgan fingerprint density at radius 3 is 2.58 bits per heavy atom. The highest BCUT2D eigenvalue weighted by molar-refractivity contribution is 7.89. The minimum atomic E-state index is -3.89. The molecule has 1 amide bonds.